The standard InChI is InChI=1S/C25H33N3O3/c1-4-22(5-2)26-16-18-27(19-17-26)25(30)23(20-12-8-6-9-13-20)28(31-3)24(29)21-14-10-7-11-15-21/h6-15,22-23H,4-5,16-19H2,1-3H3/t23-/m1/s1. The van der Waals surface area contributed by atoms with Crippen LogP contribution < -0.4 is 0 Å². The highest BCUT2D eigenvalue weighted by molar-refractivity contribution is 5.97. The number of nitrogens with zero attached hydrogens (tertiary/aromatic N) is 3. The number of hydrogen-bond acceptors (Lipinski definition) is 4. The zero-order valence-electron chi connectivity index (χ0n) is 18.7. The summed E-state index contributed by atoms with van der Waals surface area (Å²) in [6, 6.07) is 18.0. The molecule has 31 heavy (non-hydrogen) atoms. The molecule has 6 heteroatoms. The first-order valence-electron chi connectivity index (χ1n) is 11.1. The molecule has 2 aromatic carbocycles. The summed E-state index contributed by atoms with van der Waals surface area (Å²) in [5.74, 6) is -0.442. The van der Waals surface area contributed by atoms with E-state index in [0.717, 1.165) is 31.5 Å². The molecule has 2 amide bonds. The lowest BCUT2D eigenvalue weighted by Crippen LogP contribution is -2.54. The van der Waals surface area contributed by atoms with Crippen LogP contribution in [0.4, 0.5) is 0 Å². The van der Waals surface area contributed by atoms with Crippen LogP contribution in [-0.4, -0.2) is 66.0 Å². The van der Waals surface area contributed by atoms with Gasteiger partial charge >= 0.3 is 0 Å². The lowest BCUT2D eigenvalue weighted by atomic mass is 10.0. The second kappa shape index (κ2) is 11.1. The van der Waals surface area contributed by atoms with Gasteiger partial charge in [0.25, 0.3) is 11.8 Å². The van der Waals surface area contributed by atoms with E-state index in [1.807, 2.05) is 41.3 Å². The molecular weight excluding hydrogens is 390 g/mol. The fraction of sp³-hybridized carbons (Fsp3) is 0.440. The maximum atomic E-state index is 13.7. The summed E-state index contributed by atoms with van der Waals surface area (Å²) in [7, 11) is 1.44. The Morgan fingerprint density at radius 1 is 0.903 bits per heavy atom. The summed E-state index contributed by atoms with van der Waals surface area (Å²) < 4.78 is 0. The second-order valence-corrected chi connectivity index (χ2v) is 7.82. The largest absolute Gasteiger partial charge is 0.338 e. The number of piperazine rings is 1. The number of hydrogen-bond donors (Lipinski definition) is 0. The minimum Gasteiger partial charge on any atom is -0.338 e. The first-order chi connectivity index (χ1) is 15.1. The van der Waals surface area contributed by atoms with Crippen molar-refractivity contribution in [2.24, 2.45) is 0 Å². The highest BCUT2D eigenvalue weighted by atomic mass is 16.7. The summed E-state index contributed by atoms with van der Waals surface area (Å²) in [6.07, 6.45) is 2.22. The molecule has 3 rings (SSSR count). The summed E-state index contributed by atoms with van der Waals surface area (Å²) in [6.45, 7) is 7.41. The molecule has 1 saturated heterocycles. The van der Waals surface area contributed by atoms with Crippen molar-refractivity contribution in [1.82, 2.24) is 14.9 Å². The van der Waals surface area contributed by atoms with Gasteiger partial charge < -0.3 is 4.90 Å². The molecule has 1 heterocycles. The Bertz CT molecular complexity index is 832. The molecule has 1 fully saturated rings. The van der Waals surface area contributed by atoms with Crippen molar-refractivity contribution in [3.8, 4) is 0 Å². The van der Waals surface area contributed by atoms with Crippen molar-refractivity contribution in [3.05, 3.63) is 71.8 Å². The minimum absolute atomic E-state index is 0.110. The molecule has 1 aliphatic rings. The maximum Gasteiger partial charge on any atom is 0.278 e. The quantitative estimate of drug-likeness (QED) is 0.607. The van der Waals surface area contributed by atoms with Crippen molar-refractivity contribution in [3.63, 3.8) is 0 Å². The number of hydroxylamine groups is 2. The van der Waals surface area contributed by atoms with Gasteiger partial charge in [0.05, 0.1) is 7.11 Å². The van der Waals surface area contributed by atoms with E-state index in [-0.39, 0.29) is 11.8 Å². The predicted molar refractivity (Wildman–Crippen MR) is 121 cm³/mol. The van der Waals surface area contributed by atoms with Gasteiger partial charge in [-0.3, -0.25) is 19.3 Å². The predicted octanol–water partition coefficient (Wildman–Crippen LogP) is 3.76. The van der Waals surface area contributed by atoms with Crippen LogP contribution in [0.3, 0.4) is 0 Å². The van der Waals surface area contributed by atoms with Gasteiger partial charge in [-0.1, -0.05) is 62.4 Å². The average Bonchev–Trinajstić information content (AvgIpc) is 2.84. The molecule has 1 aliphatic heterocycles. The van der Waals surface area contributed by atoms with E-state index in [9.17, 15) is 9.59 Å². The molecule has 0 bridgehead atoms. The van der Waals surface area contributed by atoms with Gasteiger partial charge in [-0.05, 0) is 30.5 Å². The zero-order chi connectivity index (χ0) is 22.2. The molecule has 0 unspecified atom stereocenters. The third-order valence-corrected chi connectivity index (χ3v) is 6.09. The Morgan fingerprint density at radius 2 is 1.45 bits per heavy atom. The molecule has 2 aromatic rings. The molecule has 6 nitrogen and oxygen atoms in total. The van der Waals surface area contributed by atoms with E-state index in [1.54, 1.807) is 24.3 Å². The monoisotopic (exact) mass is 423 g/mol. The molecule has 1 atom stereocenters. The van der Waals surface area contributed by atoms with E-state index in [2.05, 4.69) is 18.7 Å². The van der Waals surface area contributed by atoms with Crippen molar-refractivity contribution >= 4 is 11.8 Å². The highest BCUT2D eigenvalue weighted by Crippen LogP contribution is 2.26. The lowest BCUT2D eigenvalue weighted by Gasteiger charge is -2.41. The summed E-state index contributed by atoms with van der Waals surface area (Å²) in [5.41, 5.74) is 1.22. The van der Waals surface area contributed by atoms with Crippen LogP contribution in [0, 0.1) is 0 Å². The number of benzene rings is 2. The van der Waals surface area contributed by atoms with Crippen LogP contribution in [-0.2, 0) is 9.63 Å². The molecule has 0 radical (unpaired) electrons. The van der Waals surface area contributed by atoms with Crippen LogP contribution in [0.15, 0.2) is 60.7 Å². The fourth-order valence-corrected chi connectivity index (χ4v) is 4.31. The van der Waals surface area contributed by atoms with Crippen molar-refractivity contribution in [2.45, 2.75) is 38.8 Å². The molecule has 0 saturated carbocycles. The number of amides is 2. The molecule has 0 aliphatic carbocycles. The fourth-order valence-electron chi connectivity index (χ4n) is 4.31. The molecule has 0 aromatic heterocycles. The Balaban J connectivity index is 1.84. The molecule has 0 spiro atoms. The Hall–Kier alpha value is -2.70. The molecule has 166 valence electrons. The maximum absolute atomic E-state index is 13.7. The first kappa shape index (κ1) is 23.0. The Labute approximate surface area is 185 Å². The number of carbonyl (C=O) groups is 2. The highest BCUT2D eigenvalue weighted by Gasteiger charge is 2.37. The van der Waals surface area contributed by atoms with E-state index >= 15 is 0 Å². The topological polar surface area (TPSA) is 53.1 Å². The van der Waals surface area contributed by atoms with Crippen LogP contribution in [0.2, 0.25) is 0 Å². The van der Waals surface area contributed by atoms with E-state index in [1.165, 1.54) is 12.2 Å². The molecule has 0 N–H and O–H groups in total. The van der Waals surface area contributed by atoms with E-state index in [0.29, 0.717) is 24.7 Å². The third-order valence-electron chi connectivity index (χ3n) is 6.09. The molecular formula is C25H33N3O3. The summed E-state index contributed by atoms with van der Waals surface area (Å²) in [4.78, 5) is 36.7. The van der Waals surface area contributed by atoms with Crippen molar-refractivity contribution in [1.29, 1.82) is 0 Å². The van der Waals surface area contributed by atoms with Gasteiger partial charge in [-0.2, -0.15) is 0 Å². The summed E-state index contributed by atoms with van der Waals surface area (Å²) in [5, 5.41) is 1.21. The normalized spacial score (nSPS) is 15.7. The van der Waals surface area contributed by atoms with Gasteiger partial charge in [-0.25, -0.2) is 5.06 Å². The second-order valence-electron chi connectivity index (χ2n) is 7.82. The van der Waals surface area contributed by atoms with Crippen LogP contribution in [0.1, 0.15) is 48.7 Å². The van der Waals surface area contributed by atoms with Crippen molar-refractivity contribution in [2.75, 3.05) is 33.3 Å². The van der Waals surface area contributed by atoms with E-state index < -0.39 is 6.04 Å². The SMILES string of the molecule is CCC(CC)N1CCN(C(=O)[C@@H](c2ccccc2)N(OC)C(=O)c2ccccc2)CC1. The number of rotatable bonds is 8. The third kappa shape index (κ3) is 5.32. The van der Waals surface area contributed by atoms with E-state index in [4.69, 9.17) is 4.84 Å². The van der Waals surface area contributed by atoms with Crippen LogP contribution >= 0.6 is 0 Å². The van der Waals surface area contributed by atoms with Crippen LogP contribution in [0.25, 0.3) is 0 Å². The van der Waals surface area contributed by atoms with Gasteiger partial charge in [-0.15, -0.1) is 0 Å². The Kier molecular flexibility index (Phi) is 8.20. The minimum atomic E-state index is -0.835. The lowest BCUT2D eigenvalue weighted by molar-refractivity contribution is -0.163. The summed E-state index contributed by atoms with van der Waals surface area (Å²) >= 11 is 0. The average molecular weight is 424 g/mol. The Morgan fingerprint density at radius 3 is 1.97 bits per heavy atom. The van der Waals surface area contributed by atoms with Gasteiger partial charge in [0.15, 0.2) is 6.04 Å². The van der Waals surface area contributed by atoms with Crippen molar-refractivity contribution < 1.29 is 14.4 Å². The first-order valence-corrected chi connectivity index (χ1v) is 11.1. The van der Waals surface area contributed by atoms with Gasteiger partial charge in [0.1, 0.15) is 0 Å². The zero-order valence-corrected chi connectivity index (χ0v) is 18.7. The van der Waals surface area contributed by atoms with Crippen LogP contribution in [0.5, 0.6) is 0 Å². The van der Waals surface area contributed by atoms with Gasteiger partial charge in [0, 0.05) is 37.8 Å². The smallest absolute Gasteiger partial charge is 0.278 e. The number of carbonyl (C=O) groups excluding carboxylic acids is 2. The van der Waals surface area contributed by atoms with Gasteiger partial charge in [0.2, 0.25) is 0 Å².